The van der Waals surface area contributed by atoms with Crippen LogP contribution < -0.4 is 0 Å². The van der Waals surface area contributed by atoms with E-state index in [1.54, 1.807) is 0 Å². The van der Waals surface area contributed by atoms with Crippen LogP contribution in [0.2, 0.25) is 0 Å². The molecule has 7 aromatic carbocycles. The number of benzene rings is 7. The van der Waals surface area contributed by atoms with Gasteiger partial charge in [0, 0.05) is 49.5 Å². The van der Waals surface area contributed by atoms with E-state index < -0.39 is 0 Å². The van der Waals surface area contributed by atoms with Crippen molar-refractivity contribution in [1.82, 2.24) is 14.5 Å². The first-order chi connectivity index (χ1) is 26.1. The maximum Gasteiger partial charge on any atom is 0.160 e. The van der Waals surface area contributed by atoms with Crippen molar-refractivity contribution in [3.63, 3.8) is 0 Å². The Morgan fingerprint density at radius 1 is 0.509 bits per heavy atom. The quantitative estimate of drug-likeness (QED) is 0.186. The summed E-state index contributed by atoms with van der Waals surface area (Å²) in [6.07, 6.45) is 0. The molecule has 0 aliphatic heterocycles. The number of furan rings is 1. The number of hydrogen-bond acceptors (Lipinski definition) is 3. The zero-order valence-corrected chi connectivity index (χ0v) is 29.3. The van der Waals surface area contributed by atoms with Gasteiger partial charge >= 0.3 is 0 Å². The van der Waals surface area contributed by atoms with Crippen LogP contribution in [0, 0.1) is 0 Å². The molecule has 4 nitrogen and oxygen atoms in total. The van der Waals surface area contributed by atoms with Crippen LogP contribution in [0.1, 0.15) is 25.0 Å². The van der Waals surface area contributed by atoms with E-state index in [1.165, 1.54) is 27.4 Å². The Bertz CT molecular complexity index is 3060. The van der Waals surface area contributed by atoms with Crippen molar-refractivity contribution in [2.24, 2.45) is 0 Å². The zero-order chi connectivity index (χ0) is 35.3. The number of hydrogen-bond donors (Lipinski definition) is 0. The molecule has 3 aromatic heterocycles. The molecule has 0 fully saturated rings. The lowest BCUT2D eigenvalue weighted by atomic mass is 9.80. The van der Waals surface area contributed by atoms with Gasteiger partial charge in [-0.2, -0.15) is 0 Å². The summed E-state index contributed by atoms with van der Waals surface area (Å²) in [7, 11) is 0. The normalized spacial score (nSPS) is 13.2. The molecule has 0 radical (unpaired) electrons. The van der Waals surface area contributed by atoms with Gasteiger partial charge in [-0.1, -0.05) is 141 Å². The van der Waals surface area contributed by atoms with Gasteiger partial charge in [0.25, 0.3) is 0 Å². The predicted molar refractivity (Wildman–Crippen MR) is 218 cm³/mol. The molecule has 0 spiro atoms. The monoisotopic (exact) mass is 679 g/mol. The van der Waals surface area contributed by atoms with Crippen molar-refractivity contribution in [1.29, 1.82) is 0 Å². The van der Waals surface area contributed by atoms with Crippen molar-refractivity contribution in [2.45, 2.75) is 19.3 Å². The van der Waals surface area contributed by atoms with Gasteiger partial charge in [0.15, 0.2) is 5.82 Å². The van der Waals surface area contributed by atoms with E-state index >= 15 is 0 Å². The number of nitrogens with zero attached hydrogens (tertiary/aromatic N) is 3. The first-order valence-corrected chi connectivity index (χ1v) is 18.2. The third kappa shape index (κ3) is 4.30. The highest BCUT2D eigenvalue weighted by atomic mass is 16.3. The molecule has 4 heteroatoms. The maximum absolute atomic E-state index is 6.97. The molecule has 0 atom stereocenters. The van der Waals surface area contributed by atoms with E-state index in [-0.39, 0.29) is 5.41 Å². The third-order valence-electron chi connectivity index (χ3n) is 11.2. The molecule has 0 saturated heterocycles. The second kappa shape index (κ2) is 11.1. The van der Waals surface area contributed by atoms with Gasteiger partial charge in [-0.25, -0.2) is 9.97 Å². The van der Waals surface area contributed by atoms with Crippen LogP contribution in [0.3, 0.4) is 0 Å². The molecule has 0 saturated carbocycles. The second-order valence-electron chi connectivity index (χ2n) is 14.5. The topological polar surface area (TPSA) is 43.9 Å². The lowest BCUT2D eigenvalue weighted by molar-refractivity contribution is 0.655. The highest BCUT2D eigenvalue weighted by molar-refractivity contribution is 6.25. The van der Waals surface area contributed by atoms with Gasteiger partial charge in [-0.15, -0.1) is 0 Å². The van der Waals surface area contributed by atoms with Crippen LogP contribution in [-0.4, -0.2) is 14.5 Å². The van der Waals surface area contributed by atoms with Gasteiger partial charge < -0.3 is 8.98 Å². The van der Waals surface area contributed by atoms with Gasteiger partial charge in [-0.3, -0.25) is 0 Å². The summed E-state index contributed by atoms with van der Waals surface area (Å²) in [5.74, 6) is 0.700. The molecule has 0 N–H and O–H groups in total. The molecule has 1 aliphatic rings. The average Bonchev–Trinajstić information content (AvgIpc) is 3.84. The Kier molecular flexibility index (Phi) is 6.27. The molecule has 10 aromatic rings. The summed E-state index contributed by atoms with van der Waals surface area (Å²) in [5, 5.41) is 4.59. The van der Waals surface area contributed by atoms with E-state index in [4.69, 9.17) is 14.4 Å². The van der Waals surface area contributed by atoms with Gasteiger partial charge in [-0.05, 0) is 53.1 Å². The standard InChI is InChI=1S/C49H33N3O/c1-49(2)39-22-11-9-19-36(39)44-43(49)45(51-48(50-44)32-26-24-31(25-27-32)30-14-5-3-6-15-30)38-21-13-20-37-42-41(53-47(37)38)29-28-35-34-18-10-12-23-40(34)52(46(35)42)33-16-7-4-8-17-33/h3-29H,1-2H3. The fraction of sp³-hybridized carbons (Fsp3) is 0.0612. The van der Waals surface area contributed by atoms with Crippen LogP contribution >= 0.6 is 0 Å². The minimum Gasteiger partial charge on any atom is -0.455 e. The minimum atomic E-state index is -0.321. The summed E-state index contributed by atoms with van der Waals surface area (Å²) in [6, 6.07) is 57.9. The molecular formula is C49H33N3O. The maximum atomic E-state index is 6.97. The summed E-state index contributed by atoms with van der Waals surface area (Å²) < 4.78 is 9.36. The van der Waals surface area contributed by atoms with E-state index in [9.17, 15) is 0 Å². The van der Waals surface area contributed by atoms with E-state index in [1.807, 2.05) is 6.07 Å². The SMILES string of the molecule is CC1(C)c2ccccc2-c2nc(-c3ccc(-c4ccccc4)cc3)nc(-c3cccc4c3oc3ccc5c6ccccc6n(-c6ccccc6)c5c34)c21. The van der Waals surface area contributed by atoms with E-state index in [0.717, 1.165) is 72.3 Å². The summed E-state index contributed by atoms with van der Waals surface area (Å²) in [5.41, 5.74) is 14.5. The smallest absolute Gasteiger partial charge is 0.160 e. The van der Waals surface area contributed by atoms with Gasteiger partial charge in [0.1, 0.15) is 11.2 Å². The molecule has 53 heavy (non-hydrogen) atoms. The van der Waals surface area contributed by atoms with Crippen LogP contribution in [0.4, 0.5) is 0 Å². The molecule has 1 aliphatic carbocycles. The van der Waals surface area contributed by atoms with Crippen molar-refractivity contribution in [3.05, 3.63) is 175 Å². The van der Waals surface area contributed by atoms with Crippen LogP contribution in [-0.2, 0) is 5.41 Å². The van der Waals surface area contributed by atoms with Crippen molar-refractivity contribution in [2.75, 3.05) is 0 Å². The molecule has 250 valence electrons. The zero-order valence-electron chi connectivity index (χ0n) is 29.3. The Morgan fingerprint density at radius 3 is 1.94 bits per heavy atom. The highest BCUT2D eigenvalue weighted by Crippen LogP contribution is 2.53. The van der Waals surface area contributed by atoms with Gasteiger partial charge in [0.05, 0.1) is 27.8 Å². The number of para-hydroxylation sites is 3. The number of aromatic nitrogens is 3. The Morgan fingerprint density at radius 2 is 1.13 bits per heavy atom. The average molecular weight is 680 g/mol. The predicted octanol–water partition coefficient (Wildman–Crippen LogP) is 12.8. The summed E-state index contributed by atoms with van der Waals surface area (Å²) >= 11 is 0. The number of rotatable bonds is 4. The lowest BCUT2D eigenvalue weighted by Gasteiger charge is -2.23. The molecule has 0 unspecified atom stereocenters. The first kappa shape index (κ1) is 29.9. The second-order valence-corrected chi connectivity index (χ2v) is 14.5. The van der Waals surface area contributed by atoms with Crippen LogP contribution in [0.25, 0.3) is 94.5 Å². The molecule has 11 rings (SSSR count). The Hall–Kier alpha value is -6.78. The molecule has 0 bridgehead atoms. The summed E-state index contributed by atoms with van der Waals surface area (Å²) in [6.45, 7) is 4.58. The summed E-state index contributed by atoms with van der Waals surface area (Å²) in [4.78, 5) is 10.8. The van der Waals surface area contributed by atoms with E-state index in [0.29, 0.717) is 5.82 Å². The van der Waals surface area contributed by atoms with Crippen molar-refractivity contribution < 1.29 is 4.42 Å². The lowest BCUT2D eigenvalue weighted by Crippen LogP contribution is -2.17. The third-order valence-corrected chi connectivity index (χ3v) is 11.2. The number of fused-ring (bicyclic) bond motifs is 10. The Balaban J connectivity index is 1.20. The largest absolute Gasteiger partial charge is 0.455 e. The Labute approximate surface area is 306 Å². The van der Waals surface area contributed by atoms with E-state index in [2.05, 4.69) is 176 Å². The fourth-order valence-electron chi connectivity index (χ4n) is 8.75. The van der Waals surface area contributed by atoms with Crippen molar-refractivity contribution >= 4 is 43.7 Å². The van der Waals surface area contributed by atoms with Crippen molar-refractivity contribution in [3.8, 4) is 50.7 Å². The molecule has 0 amide bonds. The minimum absolute atomic E-state index is 0.321. The molecular weight excluding hydrogens is 647 g/mol. The van der Waals surface area contributed by atoms with Crippen LogP contribution in [0.15, 0.2) is 168 Å². The fourth-order valence-corrected chi connectivity index (χ4v) is 8.75. The molecule has 3 heterocycles. The van der Waals surface area contributed by atoms with Gasteiger partial charge in [0.2, 0.25) is 0 Å². The first-order valence-electron chi connectivity index (χ1n) is 18.2. The van der Waals surface area contributed by atoms with Crippen LogP contribution in [0.5, 0.6) is 0 Å². The highest BCUT2D eigenvalue weighted by Gasteiger charge is 2.40.